The maximum absolute atomic E-state index is 14.0. The van der Waals surface area contributed by atoms with Gasteiger partial charge in [0.15, 0.2) is 0 Å². The lowest BCUT2D eigenvalue weighted by Gasteiger charge is -2.17. The zero-order chi connectivity index (χ0) is 20.4. The molecule has 1 amide bonds. The summed E-state index contributed by atoms with van der Waals surface area (Å²) in [7, 11) is 0. The summed E-state index contributed by atoms with van der Waals surface area (Å²) >= 11 is 0. The summed E-state index contributed by atoms with van der Waals surface area (Å²) in [6, 6.07) is 8.15. The summed E-state index contributed by atoms with van der Waals surface area (Å²) in [5.74, 6) is -0.146. The van der Waals surface area contributed by atoms with E-state index in [0.717, 1.165) is 5.39 Å². The molecule has 0 spiro atoms. The highest BCUT2D eigenvalue weighted by Gasteiger charge is 2.17. The van der Waals surface area contributed by atoms with E-state index in [-0.39, 0.29) is 11.7 Å². The summed E-state index contributed by atoms with van der Waals surface area (Å²) in [5.41, 5.74) is 2.02. The van der Waals surface area contributed by atoms with E-state index in [4.69, 9.17) is 0 Å². The number of nitrogens with zero attached hydrogens (tertiary/aromatic N) is 6. The number of carbonyl (C=O) groups excluding carboxylic acids is 1. The number of fused-ring (bicyclic) bond motifs is 1. The fourth-order valence-electron chi connectivity index (χ4n) is 3.13. The second-order valence-electron chi connectivity index (χ2n) is 6.41. The van der Waals surface area contributed by atoms with E-state index < -0.39 is 0 Å². The monoisotopic (exact) mass is 390 g/mol. The van der Waals surface area contributed by atoms with Gasteiger partial charge in [-0.2, -0.15) is 9.78 Å². The number of hydrogen-bond donors (Lipinski definition) is 0. The van der Waals surface area contributed by atoms with Crippen molar-refractivity contribution in [1.29, 1.82) is 0 Å². The molecular weight excluding hydrogens is 371 g/mol. The van der Waals surface area contributed by atoms with Gasteiger partial charge in [-0.3, -0.25) is 9.78 Å². The average Bonchev–Trinajstić information content (AvgIpc) is 3.18. The van der Waals surface area contributed by atoms with Gasteiger partial charge in [-0.25, -0.2) is 14.4 Å². The van der Waals surface area contributed by atoms with Crippen LogP contribution in [0.25, 0.3) is 28.0 Å². The zero-order valence-electron chi connectivity index (χ0n) is 16.1. The summed E-state index contributed by atoms with van der Waals surface area (Å²) in [5, 5.41) is 5.09. The quantitative estimate of drug-likeness (QED) is 0.521. The molecule has 0 unspecified atom stereocenters. The third-order valence-electron chi connectivity index (χ3n) is 4.73. The minimum atomic E-state index is -0.334. The highest BCUT2D eigenvalue weighted by atomic mass is 19.1. The van der Waals surface area contributed by atoms with Crippen LogP contribution in [0.15, 0.2) is 55.1 Å². The van der Waals surface area contributed by atoms with Crippen molar-refractivity contribution in [3.63, 3.8) is 0 Å². The fourth-order valence-corrected chi connectivity index (χ4v) is 3.13. The first-order chi connectivity index (χ1) is 14.1. The number of halogens is 1. The second-order valence-corrected chi connectivity index (χ2v) is 6.41. The molecule has 0 radical (unpaired) electrons. The summed E-state index contributed by atoms with van der Waals surface area (Å²) in [4.78, 5) is 27.3. The van der Waals surface area contributed by atoms with E-state index in [2.05, 4.69) is 20.1 Å². The third kappa shape index (κ3) is 3.44. The lowest BCUT2D eigenvalue weighted by Crippen LogP contribution is -2.31. The van der Waals surface area contributed by atoms with Gasteiger partial charge in [0.05, 0.1) is 11.7 Å². The zero-order valence-corrected chi connectivity index (χ0v) is 16.1. The highest BCUT2D eigenvalue weighted by molar-refractivity contribution is 5.95. The summed E-state index contributed by atoms with van der Waals surface area (Å²) in [6.07, 6.45) is 6.36. The molecule has 0 atom stereocenters. The average molecular weight is 390 g/mol. The fraction of sp³-hybridized carbons (Fsp3) is 0.190. The van der Waals surface area contributed by atoms with Gasteiger partial charge in [-0.05, 0) is 26.0 Å². The highest BCUT2D eigenvalue weighted by Crippen LogP contribution is 2.22. The number of pyridine rings is 1. The predicted octanol–water partition coefficient (Wildman–Crippen LogP) is 3.50. The van der Waals surface area contributed by atoms with Crippen molar-refractivity contribution < 1.29 is 9.18 Å². The minimum absolute atomic E-state index is 0.138. The molecule has 29 heavy (non-hydrogen) atoms. The van der Waals surface area contributed by atoms with E-state index in [9.17, 15) is 9.18 Å². The molecule has 146 valence electrons. The molecule has 0 bridgehead atoms. The molecular formula is C21H19FN6O. The molecule has 1 aromatic carbocycles. The number of hydrogen-bond acceptors (Lipinski definition) is 5. The Hall–Kier alpha value is -3.68. The van der Waals surface area contributed by atoms with Gasteiger partial charge < -0.3 is 4.90 Å². The molecule has 3 heterocycles. The molecule has 4 rings (SSSR count). The molecule has 0 aliphatic heterocycles. The van der Waals surface area contributed by atoms with E-state index in [1.54, 1.807) is 58.6 Å². The molecule has 0 saturated heterocycles. The van der Waals surface area contributed by atoms with Gasteiger partial charge in [-0.15, -0.1) is 0 Å². The molecule has 0 aliphatic carbocycles. The summed E-state index contributed by atoms with van der Waals surface area (Å²) in [6.45, 7) is 5.06. The van der Waals surface area contributed by atoms with Crippen molar-refractivity contribution in [2.75, 3.05) is 13.1 Å². The minimum Gasteiger partial charge on any atom is -0.338 e. The smallest absolute Gasteiger partial charge is 0.272 e. The van der Waals surface area contributed by atoms with E-state index in [1.807, 2.05) is 13.8 Å². The van der Waals surface area contributed by atoms with Crippen molar-refractivity contribution in [1.82, 2.24) is 29.6 Å². The largest absolute Gasteiger partial charge is 0.338 e. The van der Waals surface area contributed by atoms with Crippen LogP contribution in [0.1, 0.15) is 24.3 Å². The lowest BCUT2D eigenvalue weighted by atomic mass is 10.1. The maximum Gasteiger partial charge on any atom is 0.272 e. The first-order valence-corrected chi connectivity index (χ1v) is 9.32. The van der Waals surface area contributed by atoms with Gasteiger partial charge in [-0.1, -0.05) is 18.2 Å². The molecule has 3 aromatic heterocycles. The Kier molecular flexibility index (Phi) is 4.99. The SMILES string of the molecule is CCN(CC)C(=O)c1cc2c(cn1)cnn2-c1ncc(-c2ccccc2F)cn1. The molecule has 0 aliphatic rings. The number of carbonyl (C=O) groups is 1. The van der Waals surface area contributed by atoms with Crippen LogP contribution in [-0.4, -0.2) is 48.6 Å². The Balaban J connectivity index is 1.72. The van der Waals surface area contributed by atoms with E-state index >= 15 is 0 Å². The first kappa shape index (κ1) is 18.7. The van der Waals surface area contributed by atoms with Crippen LogP contribution in [0.3, 0.4) is 0 Å². The van der Waals surface area contributed by atoms with E-state index in [0.29, 0.717) is 41.4 Å². The topological polar surface area (TPSA) is 76.8 Å². The van der Waals surface area contributed by atoms with Gasteiger partial charge in [0, 0.05) is 48.2 Å². The standard InChI is InChI=1S/C21H19FN6O/c1-3-27(4-2)20(29)18-9-19-15(12-23-18)13-26-28(19)21-24-10-14(11-25-21)16-7-5-6-8-17(16)22/h5-13H,3-4H2,1-2H3. The van der Waals surface area contributed by atoms with Crippen LogP contribution in [0, 0.1) is 5.82 Å². The van der Waals surface area contributed by atoms with Crippen molar-refractivity contribution in [3.05, 3.63) is 66.6 Å². The predicted molar refractivity (Wildman–Crippen MR) is 107 cm³/mol. The first-order valence-electron chi connectivity index (χ1n) is 9.32. The van der Waals surface area contributed by atoms with Crippen LogP contribution in [0.4, 0.5) is 4.39 Å². The van der Waals surface area contributed by atoms with Gasteiger partial charge in [0.2, 0.25) is 0 Å². The van der Waals surface area contributed by atoms with Crippen molar-refractivity contribution in [3.8, 4) is 17.1 Å². The van der Waals surface area contributed by atoms with Gasteiger partial charge >= 0.3 is 0 Å². The number of rotatable bonds is 5. The lowest BCUT2D eigenvalue weighted by molar-refractivity contribution is 0.0767. The Morgan fingerprint density at radius 2 is 1.76 bits per heavy atom. The summed E-state index contributed by atoms with van der Waals surface area (Å²) < 4.78 is 15.5. The van der Waals surface area contributed by atoms with Crippen molar-refractivity contribution in [2.24, 2.45) is 0 Å². The maximum atomic E-state index is 14.0. The second kappa shape index (κ2) is 7.75. The Morgan fingerprint density at radius 3 is 2.45 bits per heavy atom. The molecule has 4 aromatic rings. The molecule has 8 heteroatoms. The molecule has 0 saturated carbocycles. The van der Waals surface area contributed by atoms with Crippen LogP contribution in [-0.2, 0) is 0 Å². The number of aromatic nitrogens is 5. The van der Waals surface area contributed by atoms with Crippen LogP contribution < -0.4 is 0 Å². The Morgan fingerprint density at radius 1 is 1.03 bits per heavy atom. The Bertz CT molecular complexity index is 1170. The molecule has 0 N–H and O–H groups in total. The number of benzene rings is 1. The number of amides is 1. The third-order valence-corrected chi connectivity index (χ3v) is 4.73. The van der Waals surface area contributed by atoms with E-state index in [1.165, 1.54) is 6.07 Å². The van der Waals surface area contributed by atoms with Crippen LogP contribution in [0.5, 0.6) is 0 Å². The normalized spacial score (nSPS) is 11.0. The van der Waals surface area contributed by atoms with Crippen LogP contribution >= 0.6 is 0 Å². The Labute approximate surface area is 166 Å². The molecule has 0 fully saturated rings. The molecule has 7 nitrogen and oxygen atoms in total. The van der Waals surface area contributed by atoms with Crippen LogP contribution in [0.2, 0.25) is 0 Å². The van der Waals surface area contributed by atoms with Gasteiger partial charge in [0.1, 0.15) is 11.5 Å². The van der Waals surface area contributed by atoms with Crippen molar-refractivity contribution in [2.45, 2.75) is 13.8 Å². The van der Waals surface area contributed by atoms with Gasteiger partial charge in [0.25, 0.3) is 11.9 Å². The van der Waals surface area contributed by atoms with Crippen molar-refractivity contribution >= 4 is 16.8 Å².